The monoisotopic (exact) mass is 332 g/mol. The van der Waals surface area contributed by atoms with E-state index in [1.54, 1.807) is 45.2 Å². The number of nitrogens with one attached hydrogen (secondary N) is 1. The molecular formula is C16H20N4O4. The first-order chi connectivity index (χ1) is 11.5. The standard InChI is InChI=1S/C16H20N4O4/c1-4-20-14(21)10-13(18-20)15(22)17-11-6-8-12(9-7-11)19(3)16(23)24-5-2/h6-9H,4-5,10H2,1-3H3,(H,17,22). The first-order valence-electron chi connectivity index (χ1n) is 7.66. The van der Waals surface area contributed by atoms with Gasteiger partial charge in [0, 0.05) is 25.0 Å². The van der Waals surface area contributed by atoms with E-state index < -0.39 is 12.0 Å². The van der Waals surface area contributed by atoms with E-state index in [1.165, 1.54) is 9.91 Å². The molecule has 0 aromatic heterocycles. The molecule has 0 unspecified atom stereocenters. The summed E-state index contributed by atoms with van der Waals surface area (Å²) in [5.41, 5.74) is 1.37. The first-order valence-corrected chi connectivity index (χ1v) is 7.66. The van der Waals surface area contributed by atoms with Crippen LogP contribution < -0.4 is 10.2 Å². The van der Waals surface area contributed by atoms with Gasteiger partial charge in [0.05, 0.1) is 13.0 Å². The van der Waals surface area contributed by atoms with Crippen LogP contribution in [0, 0.1) is 0 Å². The zero-order chi connectivity index (χ0) is 17.7. The number of rotatable bonds is 5. The van der Waals surface area contributed by atoms with E-state index in [-0.39, 0.29) is 18.0 Å². The van der Waals surface area contributed by atoms with Crippen molar-refractivity contribution < 1.29 is 19.1 Å². The number of hydrogen-bond donors (Lipinski definition) is 1. The van der Waals surface area contributed by atoms with Gasteiger partial charge in [0.2, 0.25) is 5.91 Å². The van der Waals surface area contributed by atoms with Crippen LogP contribution >= 0.6 is 0 Å². The topological polar surface area (TPSA) is 91.3 Å². The Bertz CT molecular complexity index is 669. The number of hydrazone groups is 1. The van der Waals surface area contributed by atoms with Crippen molar-refractivity contribution >= 4 is 35.0 Å². The van der Waals surface area contributed by atoms with Gasteiger partial charge in [0.1, 0.15) is 5.71 Å². The second-order valence-corrected chi connectivity index (χ2v) is 5.09. The molecule has 24 heavy (non-hydrogen) atoms. The van der Waals surface area contributed by atoms with Crippen molar-refractivity contribution in [2.75, 3.05) is 30.4 Å². The van der Waals surface area contributed by atoms with E-state index in [9.17, 15) is 14.4 Å². The van der Waals surface area contributed by atoms with Crippen LogP contribution in [0.4, 0.5) is 16.2 Å². The second kappa shape index (κ2) is 7.58. The van der Waals surface area contributed by atoms with Gasteiger partial charge in [-0.05, 0) is 38.1 Å². The van der Waals surface area contributed by atoms with Crippen molar-refractivity contribution in [1.29, 1.82) is 0 Å². The maximum atomic E-state index is 12.1. The first kappa shape index (κ1) is 17.5. The van der Waals surface area contributed by atoms with Crippen molar-refractivity contribution in [3.63, 3.8) is 0 Å². The lowest BCUT2D eigenvalue weighted by molar-refractivity contribution is -0.128. The molecule has 3 amide bonds. The minimum Gasteiger partial charge on any atom is -0.449 e. The number of benzene rings is 1. The molecule has 0 saturated heterocycles. The number of hydrogen-bond acceptors (Lipinski definition) is 5. The average Bonchev–Trinajstić information content (AvgIpc) is 2.96. The summed E-state index contributed by atoms with van der Waals surface area (Å²) >= 11 is 0. The Balaban J connectivity index is 2.00. The molecule has 8 nitrogen and oxygen atoms in total. The van der Waals surface area contributed by atoms with Crippen LogP contribution in [-0.2, 0) is 14.3 Å². The summed E-state index contributed by atoms with van der Waals surface area (Å²) < 4.78 is 4.92. The van der Waals surface area contributed by atoms with E-state index in [1.807, 2.05) is 0 Å². The minimum absolute atomic E-state index is 0.00333. The summed E-state index contributed by atoms with van der Waals surface area (Å²) in [6.07, 6.45) is -0.448. The van der Waals surface area contributed by atoms with Crippen molar-refractivity contribution in [2.45, 2.75) is 20.3 Å². The van der Waals surface area contributed by atoms with Crippen LogP contribution in [0.1, 0.15) is 20.3 Å². The molecule has 0 aliphatic carbocycles. The Hall–Kier alpha value is -2.90. The molecule has 8 heteroatoms. The van der Waals surface area contributed by atoms with Gasteiger partial charge >= 0.3 is 6.09 Å². The van der Waals surface area contributed by atoms with Gasteiger partial charge in [-0.3, -0.25) is 14.5 Å². The van der Waals surface area contributed by atoms with Crippen molar-refractivity contribution in [1.82, 2.24) is 5.01 Å². The van der Waals surface area contributed by atoms with Gasteiger partial charge in [-0.25, -0.2) is 9.80 Å². The molecule has 0 saturated carbocycles. The van der Waals surface area contributed by atoms with Crippen LogP contribution in [0.3, 0.4) is 0 Å². The van der Waals surface area contributed by atoms with Gasteiger partial charge in [-0.2, -0.15) is 5.10 Å². The Morgan fingerprint density at radius 2 is 1.96 bits per heavy atom. The summed E-state index contributed by atoms with van der Waals surface area (Å²) in [6.45, 7) is 4.26. The minimum atomic E-state index is -0.451. The molecule has 1 aliphatic heterocycles. The van der Waals surface area contributed by atoms with Gasteiger partial charge in [-0.15, -0.1) is 0 Å². The third-order valence-corrected chi connectivity index (χ3v) is 3.46. The summed E-state index contributed by atoms with van der Waals surface area (Å²) in [4.78, 5) is 36.7. The molecule has 1 aromatic carbocycles. The molecule has 0 atom stereocenters. The Kier molecular flexibility index (Phi) is 5.51. The van der Waals surface area contributed by atoms with Crippen molar-refractivity contribution in [2.24, 2.45) is 5.10 Å². The van der Waals surface area contributed by atoms with Crippen LogP contribution in [0.2, 0.25) is 0 Å². The smallest absolute Gasteiger partial charge is 0.413 e. The lowest BCUT2D eigenvalue weighted by Crippen LogP contribution is -2.27. The number of nitrogens with zero attached hydrogens (tertiary/aromatic N) is 3. The highest BCUT2D eigenvalue weighted by molar-refractivity contribution is 6.46. The maximum Gasteiger partial charge on any atom is 0.413 e. The van der Waals surface area contributed by atoms with E-state index in [0.717, 1.165) is 0 Å². The molecule has 0 spiro atoms. The summed E-state index contributed by atoms with van der Waals surface area (Å²) in [5, 5.41) is 7.95. The maximum absolute atomic E-state index is 12.1. The Labute approximate surface area is 140 Å². The average molecular weight is 332 g/mol. The normalized spacial score (nSPS) is 13.5. The third-order valence-electron chi connectivity index (χ3n) is 3.46. The zero-order valence-electron chi connectivity index (χ0n) is 13.9. The van der Waals surface area contributed by atoms with E-state index in [0.29, 0.717) is 24.5 Å². The van der Waals surface area contributed by atoms with Crippen molar-refractivity contribution in [3.8, 4) is 0 Å². The summed E-state index contributed by atoms with van der Waals surface area (Å²) in [6, 6.07) is 6.70. The molecule has 1 heterocycles. The highest BCUT2D eigenvalue weighted by Gasteiger charge is 2.27. The van der Waals surface area contributed by atoms with Crippen molar-refractivity contribution in [3.05, 3.63) is 24.3 Å². The Morgan fingerprint density at radius 1 is 1.29 bits per heavy atom. The number of amides is 3. The van der Waals surface area contributed by atoms with Crippen LogP contribution in [0.5, 0.6) is 0 Å². The molecule has 1 N–H and O–H groups in total. The van der Waals surface area contributed by atoms with Gasteiger partial charge in [-0.1, -0.05) is 0 Å². The van der Waals surface area contributed by atoms with Gasteiger partial charge in [0.15, 0.2) is 0 Å². The van der Waals surface area contributed by atoms with Gasteiger partial charge < -0.3 is 10.1 Å². The van der Waals surface area contributed by atoms with E-state index in [2.05, 4.69) is 10.4 Å². The predicted molar refractivity (Wildman–Crippen MR) is 89.9 cm³/mol. The van der Waals surface area contributed by atoms with Crippen LogP contribution in [-0.4, -0.2) is 48.8 Å². The number of carbonyl (C=O) groups excluding carboxylic acids is 3. The number of ether oxygens (including phenoxy) is 1. The summed E-state index contributed by atoms with van der Waals surface area (Å²) in [5.74, 6) is -0.597. The fourth-order valence-electron chi connectivity index (χ4n) is 2.14. The molecule has 128 valence electrons. The Morgan fingerprint density at radius 3 is 2.50 bits per heavy atom. The third kappa shape index (κ3) is 3.89. The molecule has 0 radical (unpaired) electrons. The fraction of sp³-hybridized carbons (Fsp3) is 0.375. The van der Waals surface area contributed by atoms with Crippen LogP contribution in [0.25, 0.3) is 0 Å². The van der Waals surface area contributed by atoms with E-state index in [4.69, 9.17) is 4.74 Å². The highest BCUT2D eigenvalue weighted by atomic mass is 16.6. The lowest BCUT2D eigenvalue weighted by Gasteiger charge is -2.16. The quantitative estimate of drug-likeness (QED) is 0.890. The summed E-state index contributed by atoms with van der Waals surface area (Å²) in [7, 11) is 1.60. The van der Waals surface area contributed by atoms with Crippen LogP contribution in [0.15, 0.2) is 29.4 Å². The largest absolute Gasteiger partial charge is 0.449 e. The number of anilines is 2. The second-order valence-electron chi connectivity index (χ2n) is 5.09. The molecule has 1 aromatic rings. The molecular weight excluding hydrogens is 312 g/mol. The van der Waals surface area contributed by atoms with E-state index >= 15 is 0 Å². The lowest BCUT2D eigenvalue weighted by atomic mass is 10.2. The molecule has 0 bridgehead atoms. The predicted octanol–water partition coefficient (Wildman–Crippen LogP) is 1.83. The molecule has 1 aliphatic rings. The number of carbonyl (C=O) groups is 3. The molecule has 0 fully saturated rings. The zero-order valence-corrected chi connectivity index (χ0v) is 13.9. The fourth-order valence-corrected chi connectivity index (χ4v) is 2.14. The highest BCUT2D eigenvalue weighted by Crippen LogP contribution is 2.18. The SMILES string of the molecule is CCOC(=O)N(C)c1ccc(NC(=O)C2=NN(CC)C(=O)C2)cc1. The van der Waals surface area contributed by atoms with Gasteiger partial charge in [0.25, 0.3) is 5.91 Å². The molecule has 2 rings (SSSR count).